The first-order valence-corrected chi connectivity index (χ1v) is 16.2. The Morgan fingerprint density at radius 2 is 1.89 bits per heavy atom. The van der Waals surface area contributed by atoms with Gasteiger partial charge in [-0.05, 0) is 57.0 Å². The van der Waals surface area contributed by atoms with E-state index in [1.165, 1.54) is 30.9 Å². The third-order valence-electron chi connectivity index (χ3n) is 9.91. The van der Waals surface area contributed by atoms with E-state index in [0.29, 0.717) is 41.1 Å². The second-order valence-corrected chi connectivity index (χ2v) is 12.9. The van der Waals surface area contributed by atoms with Gasteiger partial charge >= 0.3 is 0 Å². The van der Waals surface area contributed by atoms with Gasteiger partial charge in [0.15, 0.2) is 0 Å². The number of ether oxygens (including phenoxy) is 1. The van der Waals surface area contributed by atoms with Crippen LogP contribution in [0.25, 0.3) is 33.3 Å². The van der Waals surface area contributed by atoms with Crippen molar-refractivity contribution < 1.29 is 9.53 Å². The van der Waals surface area contributed by atoms with Gasteiger partial charge in [-0.1, -0.05) is 24.8 Å². The van der Waals surface area contributed by atoms with Crippen LogP contribution >= 0.6 is 0 Å². The highest BCUT2D eigenvalue weighted by Crippen LogP contribution is 2.44. The van der Waals surface area contributed by atoms with Crippen molar-refractivity contribution in [1.82, 2.24) is 29.2 Å². The molecule has 2 N–H and O–H groups in total. The van der Waals surface area contributed by atoms with Crippen molar-refractivity contribution >= 4 is 39.8 Å². The van der Waals surface area contributed by atoms with E-state index < -0.39 is 0 Å². The van der Waals surface area contributed by atoms with E-state index in [4.69, 9.17) is 14.7 Å². The van der Waals surface area contributed by atoms with Crippen LogP contribution in [0.3, 0.4) is 0 Å². The largest absolute Gasteiger partial charge is 0.494 e. The Hall–Kier alpha value is -5.16. The Morgan fingerprint density at radius 1 is 1.04 bits per heavy atom. The predicted octanol–water partition coefficient (Wildman–Crippen LogP) is 5.85. The molecular weight excluding hydrogens is 590 g/mol. The maximum absolute atomic E-state index is 12.6. The van der Waals surface area contributed by atoms with Gasteiger partial charge in [0, 0.05) is 84.5 Å². The monoisotopic (exact) mass is 629 g/mol. The first-order chi connectivity index (χ1) is 22.9. The summed E-state index contributed by atoms with van der Waals surface area (Å²) in [5, 5.41) is 12.0. The minimum atomic E-state index is -0.273. The van der Waals surface area contributed by atoms with E-state index in [-0.39, 0.29) is 5.91 Å². The fraction of sp³-hybridized carbons (Fsp3) is 0.333. The molecule has 0 bridgehead atoms. The summed E-state index contributed by atoms with van der Waals surface area (Å²) in [6.07, 6.45) is 12.7. The van der Waals surface area contributed by atoms with Gasteiger partial charge in [-0.15, -0.1) is 0 Å². The van der Waals surface area contributed by atoms with Crippen LogP contribution < -0.4 is 20.3 Å². The number of hydrogen-bond acceptors (Lipinski definition) is 8. The maximum atomic E-state index is 12.6. The van der Waals surface area contributed by atoms with Crippen LogP contribution in [0.5, 0.6) is 5.75 Å². The van der Waals surface area contributed by atoms with Crippen molar-refractivity contribution in [3.8, 4) is 28.1 Å². The van der Waals surface area contributed by atoms with Crippen LogP contribution in [0.15, 0.2) is 73.8 Å². The molecule has 3 aliphatic rings. The summed E-state index contributed by atoms with van der Waals surface area (Å²) in [5.74, 6) is 1.38. The van der Waals surface area contributed by atoms with Crippen LogP contribution in [0.2, 0.25) is 0 Å². The molecule has 47 heavy (non-hydrogen) atoms. The van der Waals surface area contributed by atoms with E-state index in [1.54, 1.807) is 11.8 Å². The summed E-state index contributed by atoms with van der Waals surface area (Å²) in [6.45, 7) is 6.62. The lowest BCUT2D eigenvalue weighted by molar-refractivity contribution is -0.111. The molecule has 5 heterocycles. The molecule has 11 nitrogen and oxygen atoms in total. The molecule has 0 radical (unpaired) electrons. The number of rotatable bonds is 9. The summed E-state index contributed by atoms with van der Waals surface area (Å²) < 4.78 is 10.1. The number of carbonyl (C=O) groups excluding carboxylic acids is 1. The predicted molar refractivity (Wildman–Crippen MR) is 185 cm³/mol. The van der Waals surface area contributed by atoms with Crippen molar-refractivity contribution in [1.29, 1.82) is 0 Å². The fourth-order valence-corrected chi connectivity index (χ4v) is 7.34. The Morgan fingerprint density at radius 3 is 2.64 bits per heavy atom. The van der Waals surface area contributed by atoms with Crippen LogP contribution in [0, 0.1) is 5.92 Å². The number of likely N-dealkylation sites (N-methyl/N-ethyl adjacent to an activating group) is 1. The smallest absolute Gasteiger partial charge is 0.247 e. The zero-order valence-corrected chi connectivity index (χ0v) is 27.0. The quantitative estimate of drug-likeness (QED) is 0.196. The summed E-state index contributed by atoms with van der Waals surface area (Å²) in [4.78, 5) is 27.3. The van der Waals surface area contributed by atoms with Crippen molar-refractivity contribution in [3.63, 3.8) is 0 Å². The molecule has 3 fully saturated rings. The number of hydrogen-bond donors (Lipinski definition) is 2. The van der Waals surface area contributed by atoms with Gasteiger partial charge in [0.1, 0.15) is 5.75 Å². The number of para-hydroxylation sites is 1. The van der Waals surface area contributed by atoms with Crippen molar-refractivity contribution in [2.45, 2.75) is 31.3 Å². The molecule has 2 saturated heterocycles. The average molecular weight is 630 g/mol. The number of anilines is 4. The Bertz CT molecular complexity index is 2010. The standard InChI is InChI=1S/C36H39N9O2/c1-5-34(46)39-28-14-29(33(47-4)15-31(28)44-19-22-12-13-42(2)32(22)21-44)40-36-37-17-26(23-16-38-43(3)18-23)35(41-36)27-20-45(24-10-11-24)30-9-7-6-8-25(27)30/h5-9,14-18,20,22,24,32H,1,10-13,19,21H2,2-4H3,(H,39,46)(H,37,40,41)/t22?,32-/m1/s1. The lowest BCUT2D eigenvalue weighted by Gasteiger charge is -2.26. The number of aryl methyl sites for hydroxylation is 1. The van der Waals surface area contributed by atoms with Gasteiger partial charge in [-0.25, -0.2) is 9.97 Å². The lowest BCUT2D eigenvalue weighted by Crippen LogP contribution is -2.32. The number of likely N-dealkylation sites (tertiary alicyclic amines) is 1. The van der Waals surface area contributed by atoms with E-state index in [2.05, 4.69) is 74.2 Å². The summed E-state index contributed by atoms with van der Waals surface area (Å²) in [5.41, 5.74) is 7.15. The zero-order chi connectivity index (χ0) is 32.2. The van der Waals surface area contributed by atoms with Gasteiger partial charge in [-0.3, -0.25) is 9.48 Å². The molecule has 5 aromatic rings. The second-order valence-electron chi connectivity index (χ2n) is 12.9. The number of benzene rings is 2. The molecule has 240 valence electrons. The molecule has 2 atom stereocenters. The zero-order valence-electron chi connectivity index (χ0n) is 27.0. The molecule has 1 amide bonds. The molecule has 1 unspecified atom stereocenters. The van der Waals surface area contributed by atoms with Gasteiger partial charge in [0.2, 0.25) is 11.9 Å². The van der Waals surface area contributed by atoms with Gasteiger partial charge in [-0.2, -0.15) is 5.10 Å². The molecule has 1 aliphatic carbocycles. The highest BCUT2D eigenvalue weighted by atomic mass is 16.5. The number of carbonyl (C=O) groups is 1. The van der Waals surface area contributed by atoms with Gasteiger partial charge < -0.3 is 29.7 Å². The molecule has 0 spiro atoms. The maximum Gasteiger partial charge on any atom is 0.247 e. The molecule has 11 heteroatoms. The molecule has 8 rings (SSSR count). The van der Waals surface area contributed by atoms with Crippen LogP contribution in [0.1, 0.15) is 25.3 Å². The average Bonchev–Trinajstić information content (AvgIpc) is 3.36. The molecule has 3 aromatic heterocycles. The number of nitrogens with one attached hydrogen (secondary N) is 2. The summed E-state index contributed by atoms with van der Waals surface area (Å²) in [6, 6.07) is 13.4. The number of methoxy groups -OCH3 is 1. The van der Waals surface area contributed by atoms with Crippen molar-refractivity contribution in [2.24, 2.45) is 13.0 Å². The summed E-state index contributed by atoms with van der Waals surface area (Å²) in [7, 11) is 5.76. The Kier molecular flexibility index (Phi) is 7.20. The van der Waals surface area contributed by atoms with Crippen molar-refractivity contribution in [3.05, 3.63) is 73.8 Å². The SMILES string of the molecule is C=CC(=O)Nc1cc(Nc2ncc(-c3cnn(C)c3)c(-c3cn(C4CC4)c4ccccc34)n2)c(OC)cc1N1CC2CCN(C)[C@@H]2C1. The van der Waals surface area contributed by atoms with E-state index in [1.807, 2.05) is 37.8 Å². The number of fused-ring (bicyclic) bond motifs is 2. The van der Waals surface area contributed by atoms with Crippen LogP contribution in [-0.4, -0.2) is 75.0 Å². The first kappa shape index (κ1) is 29.3. The van der Waals surface area contributed by atoms with E-state index >= 15 is 0 Å². The molecule has 1 saturated carbocycles. The molecular formula is C36H39N9O2. The number of nitrogens with zero attached hydrogens (tertiary/aromatic N) is 7. The lowest BCUT2D eigenvalue weighted by atomic mass is 10.0. The minimum absolute atomic E-state index is 0.273. The highest BCUT2D eigenvalue weighted by molar-refractivity contribution is 6.02. The third-order valence-corrected chi connectivity index (χ3v) is 9.91. The van der Waals surface area contributed by atoms with Gasteiger partial charge in [0.05, 0.1) is 36.1 Å². The van der Waals surface area contributed by atoms with E-state index in [9.17, 15) is 4.79 Å². The minimum Gasteiger partial charge on any atom is -0.494 e. The van der Waals surface area contributed by atoms with E-state index in [0.717, 1.165) is 53.1 Å². The fourth-order valence-electron chi connectivity index (χ4n) is 7.34. The van der Waals surface area contributed by atoms with Crippen LogP contribution in [-0.2, 0) is 11.8 Å². The number of amides is 1. The third kappa shape index (κ3) is 5.30. The first-order valence-electron chi connectivity index (χ1n) is 16.2. The molecule has 2 aromatic carbocycles. The second kappa shape index (κ2) is 11.6. The van der Waals surface area contributed by atoms with Crippen molar-refractivity contribution in [2.75, 3.05) is 49.3 Å². The Balaban J connectivity index is 1.21. The van der Waals surface area contributed by atoms with Crippen LogP contribution in [0.4, 0.5) is 23.0 Å². The summed E-state index contributed by atoms with van der Waals surface area (Å²) >= 11 is 0. The highest BCUT2D eigenvalue weighted by Gasteiger charge is 2.40. The van der Waals surface area contributed by atoms with Gasteiger partial charge in [0.25, 0.3) is 0 Å². The number of aromatic nitrogens is 5. The Labute approximate surface area is 273 Å². The normalized spacial score (nSPS) is 19.3. The molecule has 2 aliphatic heterocycles. The topological polar surface area (TPSA) is 105 Å².